The van der Waals surface area contributed by atoms with E-state index < -0.39 is 10.0 Å². The average Bonchev–Trinajstić information content (AvgIpc) is 2.64. The number of ketones is 1. The van der Waals surface area contributed by atoms with Gasteiger partial charge >= 0.3 is 0 Å². The lowest BCUT2D eigenvalue weighted by atomic mass is 10.0. The van der Waals surface area contributed by atoms with Crippen molar-refractivity contribution in [3.63, 3.8) is 0 Å². The molecule has 0 aromatic heterocycles. The zero-order chi connectivity index (χ0) is 19.4. The molecule has 27 heavy (non-hydrogen) atoms. The number of nitrogens with zero attached hydrogens (tertiary/aromatic N) is 2. The Morgan fingerprint density at radius 3 is 2.26 bits per heavy atom. The molecule has 1 aliphatic rings. The molecule has 2 aromatic rings. The Kier molecular flexibility index (Phi) is 5.62. The molecule has 0 unspecified atom stereocenters. The third kappa shape index (κ3) is 4.75. The zero-order valence-electron chi connectivity index (χ0n) is 14.3. The standard InChI is InChI=1S/C20H15BrN2O3S/c1-14-13-17(24)9-12-19(14)22-20(15-5-3-2-4-6-15)23-27(25,26)18-10-7-16(21)8-11-18/h2-13H,1H3. The fourth-order valence-electron chi connectivity index (χ4n) is 2.37. The van der Waals surface area contributed by atoms with E-state index in [4.69, 9.17) is 0 Å². The molecular formula is C20H15BrN2O3S. The predicted molar refractivity (Wildman–Crippen MR) is 110 cm³/mol. The van der Waals surface area contributed by atoms with Crippen LogP contribution in [0.1, 0.15) is 12.5 Å². The molecule has 0 atom stereocenters. The number of sulfonamides is 1. The minimum absolute atomic E-state index is 0.0558. The Hall–Kier alpha value is -2.64. The van der Waals surface area contributed by atoms with Gasteiger partial charge in [0.05, 0.1) is 10.6 Å². The van der Waals surface area contributed by atoms with E-state index in [9.17, 15) is 13.2 Å². The van der Waals surface area contributed by atoms with Crippen molar-refractivity contribution in [3.05, 3.63) is 88.4 Å². The van der Waals surface area contributed by atoms with Gasteiger partial charge in [-0.3, -0.25) is 4.79 Å². The van der Waals surface area contributed by atoms with Crippen molar-refractivity contribution in [3.8, 4) is 0 Å². The highest BCUT2D eigenvalue weighted by Gasteiger charge is 2.17. The second-order valence-corrected chi connectivity index (χ2v) is 8.29. The summed E-state index contributed by atoms with van der Waals surface area (Å²) < 4.78 is 30.2. The van der Waals surface area contributed by atoms with Gasteiger partial charge in [0.1, 0.15) is 0 Å². The quantitative estimate of drug-likeness (QED) is 0.407. The van der Waals surface area contributed by atoms with Crippen molar-refractivity contribution >= 4 is 43.3 Å². The number of halogens is 1. The average molecular weight is 443 g/mol. The highest BCUT2D eigenvalue weighted by molar-refractivity contribution is 9.10. The molecule has 0 radical (unpaired) electrons. The molecule has 136 valence electrons. The number of hydrogen-bond donors (Lipinski definition) is 0. The smallest absolute Gasteiger partial charge is 0.284 e. The highest BCUT2D eigenvalue weighted by Crippen LogP contribution is 2.19. The Bertz CT molecular complexity index is 1100. The van der Waals surface area contributed by atoms with E-state index in [0.717, 1.165) is 4.47 Å². The van der Waals surface area contributed by atoms with Crippen molar-refractivity contribution in [2.24, 2.45) is 9.39 Å². The van der Waals surface area contributed by atoms with Crippen LogP contribution in [0.5, 0.6) is 0 Å². The molecule has 0 aliphatic heterocycles. The number of aliphatic imine (C=N–C) groups is 1. The molecule has 0 saturated heterocycles. The van der Waals surface area contributed by atoms with E-state index in [1.165, 1.54) is 24.3 Å². The van der Waals surface area contributed by atoms with E-state index in [2.05, 4.69) is 25.3 Å². The van der Waals surface area contributed by atoms with Crippen LogP contribution in [0.3, 0.4) is 0 Å². The van der Waals surface area contributed by atoms with Crippen LogP contribution in [0.2, 0.25) is 0 Å². The molecule has 0 saturated carbocycles. The first-order chi connectivity index (χ1) is 12.8. The van der Waals surface area contributed by atoms with Gasteiger partial charge in [0.25, 0.3) is 10.0 Å². The number of carbonyl (C=O) groups excluding carboxylic acids is 1. The maximum atomic E-state index is 12.7. The lowest BCUT2D eigenvalue weighted by Crippen LogP contribution is -2.11. The molecule has 0 N–H and O–H groups in total. The van der Waals surface area contributed by atoms with Gasteiger partial charge in [-0.1, -0.05) is 46.3 Å². The molecule has 5 nitrogen and oxygen atoms in total. The first-order valence-corrected chi connectivity index (χ1v) is 10.2. The van der Waals surface area contributed by atoms with Crippen molar-refractivity contribution in [1.82, 2.24) is 0 Å². The van der Waals surface area contributed by atoms with E-state index in [-0.39, 0.29) is 16.5 Å². The Labute approximate surface area is 166 Å². The van der Waals surface area contributed by atoms with Gasteiger partial charge in [-0.2, -0.15) is 8.42 Å². The van der Waals surface area contributed by atoms with Crippen molar-refractivity contribution in [2.45, 2.75) is 11.8 Å². The second kappa shape index (κ2) is 7.94. The maximum Gasteiger partial charge on any atom is 0.284 e. The van der Waals surface area contributed by atoms with Crippen molar-refractivity contribution in [1.29, 1.82) is 0 Å². The molecule has 0 heterocycles. The molecular weight excluding hydrogens is 428 g/mol. The third-order valence-corrected chi connectivity index (χ3v) is 5.55. The maximum absolute atomic E-state index is 12.7. The van der Waals surface area contributed by atoms with Crippen LogP contribution >= 0.6 is 15.9 Å². The number of allylic oxidation sites excluding steroid dienone is 4. The van der Waals surface area contributed by atoms with Crippen LogP contribution in [-0.2, 0) is 14.8 Å². The van der Waals surface area contributed by atoms with Crippen molar-refractivity contribution < 1.29 is 13.2 Å². The van der Waals surface area contributed by atoms with Crippen molar-refractivity contribution in [2.75, 3.05) is 0 Å². The van der Waals surface area contributed by atoms with Gasteiger partial charge in [-0.05, 0) is 55.0 Å². The fourth-order valence-corrected chi connectivity index (χ4v) is 3.59. The molecule has 0 amide bonds. The van der Waals surface area contributed by atoms with Crippen LogP contribution in [0.4, 0.5) is 0 Å². The molecule has 3 rings (SSSR count). The molecule has 2 aromatic carbocycles. The van der Waals surface area contributed by atoms with E-state index in [1.807, 2.05) is 6.07 Å². The summed E-state index contributed by atoms with van der Waals surface area (Å²) in [5, 5.41) is 0. The highest BCUT2D eigenvalue weighted by atomic mass is 79.9. The SMILES string of the molecule is CC1=CC(=O)C=CC1=NC(=NS(=O)(=O)c1ccc(Br)cc1)c1ccccc1. The largest absolute Gasteiger partial charge is 0.290 e. The Morgan fingerprint density at radius 2 is 1.63 bits per heavy atom. The number of benzene rings is 2. The normalized spacial score (nSPS) is 16.5. The number of rotatable bonds is 3. The van der Waals surface area contributed by atoms with Crippen LogP contribution in [0.15, 0.2) is 97.2 Å². The Morgan fingerprint density at radius 1 is 0.963 bits per heavy atom. The zero-order valence-corrected chi connectivity index (χ0v) is 16.7. The summed E-state index contributed by atoms with van der Waals surface area (Å²) in [4.78, 5) is 16.0. The topological polar surface area (TPSA) is 75.9 Å². The van der Waals surface area contributed by atoms with Gasteiger partial charge in [0, 0.05) is 10.0 Å². The van der Waals surface area contributed by atoms with Crippen LogP contribution in [-0.4, -0.2) is 25.7 Å². The van der Waals surface area contributed by atoms with Gasteiger partial charge in [0.15, 0.2) is 11.6 Å². The van der Waals surface area contributed by atoms with Crippen LogP contribution < -0.4 is 0 Å². The molecule has 1 aliphatic carbocycles. The summed E-state index contributed by atoms with van der Waals surface area (Å²) >= 11 is 3.28. The first-order valence-electron chi connectivity index (χ1n) is 8.00. The van der Waals surface area contributed by atoms with Crippen LogP contribution in [0.25, 0.3) is 0 Å². The van der Waals surface area contributed by atoms with Gasteiger partial charge in [-0.25, -0.2) is 4.99 Å². The van der Waals surface area contributed by atoms with Gasteiger partial charge in [-0.15, -0.1) is 4.40 Å². The van der Waals surface area contributed by atoms with Crippen LogP contribution in [0, 0.1) is 0 Å². The van der Waals surface area contributed by atoms with E-state index >= 15 is 0 Å². The number of carbonyl (C=O) groups is 1. The molecule has 0 bridgehead atoms. The van der Waals surface area contributed by atoms with Gasteiger partial charge < -0.3 is 0 Å². The van der Waals surface area contributed by atoms with E-state index in [1.54, 1.807) is 49.4 Å². The number of amidine groups is 1. The third-order valence-electron chi connectivity index (χ3n) is 3.74. The molecule has 0 fully saturated rings. The van der Waals surface area contributed by atoms with E-state index in [0.29, 0.717) is 16.8 Å². The minimum Gasteiger partial charge on any atom is -0.290 e. The molecule has 0 spiro atoms. The fraction of sp³-hybridized carbons (Fsp3) is 0.0500. The van der Waals surface area contributed by atoms with Gasteiger partial charge in [0.2, 0.25) is 0 Å². The Balaban J connectivity index is 2.12. The lowest BCUT2D eigenvalue weighted by molar-refractivity contribution is -0.110. The first kappa shape index (κ1) is 19.1. The number of hydrogen-bond acceptors (Lipinski definition) is 3. The summed E-state index contributed by atoms with van der Waals surface area (Å²) in [5.41, 5.74) is 1.69. The lowest BCUT2D eigenvalue weighted by Gasteiger charge is -2.08. The summed E-state index contributed by atoms with van der Waals surface area (Å²) in [6.45, 7) is 1.74. The second-order valence-electron chi connectivity index (χ2n) is 5.77. The molecule has 7 heteroatoms. The summed E-state index contributed by atoms with van der Waals surface area (Å²) in [7, 11) is -3.95. The summed E-state index contributed by atoms with van der Waals surface area (Å²) in [5.74, 6) is -0.0765. The summed E-state index contributed by atoms with van der Waals surface area (Å²) in [6, 6.07) is 15.1. The minimum atomic E-state index is -3.95. The predicted octanol–water partition coefficient (Wildman–Crippen LogP) is 4.11. The monoisotopic (exact) mass is 442 g/mol. The summed E-state index contributed by atoms with van der Waals surface area (Å²) in [6.07, 6.45) is 4.39.